The van der Waals surface area contributed by atoms with Gasteiger partial charge in [-0.25, -0.2) is 0 Å². The first-order chi connectivity index (χ1) is 11.5. The molecule has 2 aliphatic rings. The van der Waals surface area contributed by atoms with Crippen LogP contribution in [0.1, 0.15) is 18.7 Å². The lowest BCUT2D eigenvalue weighted by Crippen LogP contribution is -2.69. The van der Waals surface area contributed by atoms with Gasteiger partial charge in [0.25, 0.3) is 5.91 Å². The van der Waals surface area contributed by atoms with Gasteiger partial charge in [-0.05, 0) is 23.9 Å². The minimum Gasteiger partial charge on any atom is -0.461 e. The summed E-state index contributed by atoms with van der Waals surface area (Å²) >= 11 is 3.11. The maximum atomic E-state index is 12.4. The molecule has 2 amide bonds. The summed E-state index contributed by atoms with van der Waals surface area (Å²) < 4.78 is 5.03. The van der Waals surface area contributed by atoms with E-state index in [2.05, 4.69) is 5.32 Å². The van der Waals surface area contributed by atoms with Crippen molar-refractivity contribution in [1.82, 2.24) is 10.2 Å². The van der Waals surface area contributed by atoms with Crippen LogP contribution in [-0.2, 0) is 25.5 Å². The molecule has 0 saturated carbocycles. The number of amides is 2. The van der Waals surface area contributed by atoms with Crippen LogP contribution in [0.3, 0.4) is 0 Å². The third-order valence-corrected chi connectivity index (χ3v) is 6.24. The van der Waals surface area contributed by atoms with E-state index in [9.17, 15) is 14.4 Å². The highest BCUT2D eigenvalue weighted by atomic mass is 32.2. The van der Waals surface area contributed by atoms with Crippen LogP contribution in [-0.4, -0.2) is 46.5 Å². The maximum absolute atomic E-state index is 12.4. The third kappa shape index (κ3) is 3.34. The predicted molar refractivity (Wildman–Crippen MR) is 92.4 cm³/mol. The van der Waals surface area contributed by atoms with Crippen LogP contribution in [0.15, 0.2) is 28.8 Å². The molecule has 0 radical (unpaired) electrons. The van der Waals surface area contributed by atoms with E-state index in [-0.39, 0.29) is 29.8 Å². The van der Waals surface area contributed by atoms with Gasteiger partial charge in [0.15, 0.2) is 0 Å². The number of thiophene rings is 1. The van der Waals surface area contributed by atoms with Crippen molar-refractivity contribution in [2.75, 3.05) is 12.4 Å². The summed E-state index contributed by atoms with van der Waals surface area (Å²) in [4.78, 5) is 38.1. The fourth-order valence-corrected chi connectivity index (χ4v) is 4.87. The van der Waals surface area contributed by atoms with E-state index in [1.54, 1.807) is 16.7 Å². The van der Waals surface area contributed by atoms with Gasteiger partial charge in [0.1, 0.15) is 18.0 Å². The number of ether oxygens (including phenoxy) is 1. The van der Waals surface area contributed by atoms with E-state index in [1.165, 1.54) is 18.3 Å². The Morgan fingerprint density at radius 2 is 2.25 bits per heavy atom. The SMILES string of the molecule is CC(=O)OCC1=C(C)N2C(=O)C(NC(=O)Cc3cccs3)C2SC1. The Balaban J connectivity index is 1.60. The number of hydrogen-bond acceptors (Lipinski definition) is 6. The average Bonchev–Trinajstić information content (AvgIpc) is 3.03. The molecule has 8 heteroatoms. The highest BCUT2D eigenvalue weighted by Gasteiger charge is 2.51. The van der Waals surface area contributed by atoms with Gasteiger partial charge in [-0.1, -0.05) is 6.07 Å². The van der Waals surface area contributed by atoms with Crippen molar-refractivity contribution < 1.29 is 19.1 Å². The van der Waals surface area contributed by atoms with Gasteiger partial charge < -0.3 is 10.1 Å². The Morgan fingerprint density at radius 1 is 1.46 bits per heavy atom. The topological polar surface area (TPSA) is 75.7 Å². The van der Waals surface area contributed by atoms with Crippen molar-refractivity contribution in [2.24, 2.45) is 0 Å². The van der Waals surface area contributed by atoms with Gasteiger partial charge in [0.05, 0.1) is 6.42 Å². The molecule has 1 fully saturated rings. The molecule has 1 aromatic heterocycles. The van der Waals surface area contributed by atoms with E-state index in [0.717, 1.165) is 16.1 Å². The zero-order valence-electron chi connectivity index (χ0n) is 13.4. The Morgan fingerprint density at radius 3 is 2.92 bits per heavy atom. The monoisotopic (exact) mass is 366 g/mol. The van der Waals surface area contributed by atoms with Crippen LogP contribution in [0.4, 0.5) is 0 Å². The largest absolute Gasteiger partial charge is 0.461 e. The highest BCUT2D eigenvalue weighted by Crippen LogP contribution is 2.40. The Hall–Kier alpha value is -1.80. The summed E-state index contributed by atoms with van der Waals surface area (Å²) in [5, 5.41) is 4.68. The smallest absolute Gasteiger partial charge is 0.302 e. The summed E-state index contributed by atoms with van der Waals surface area (Å²) in [5.41, 5.74) is 1.76. The molecule has 0 spiro atoms. The van der Waals surface area contributed by atoms with Gasteiger partial charge in [0.2, 0.25) is 5.91 Å². The number of rotatable bonds is 5. The van der Waals surface area contributed by atoms with Crippen LogP contribution < -0.4 is 5.32 Å². The lowest BCUT2D eigenvalue weighted by Gasteiger charge is -2.50. The fourth-order valence-electron chi connectivity index (χ4n) is 2.72. The van der Waals surface area contributed by atoms with Gasteiger partial charge >= 0.3 is 5.97 Å². The minimum atomic E-state index is -0.479. The molecule has 0 aliphatic carbocycles. The molecule has 0 bridgehead atoms. The van der Waals surface area contributed by atoms with E-state index in [4.69, 9.17) is 4.74 Å². The number of hydrogen-bond donors (Lipinski definition) is 1. The lowest BCUT2D eigenvalue weighted by atomic mass is 10.0. The zero-order chi connectivity index (χ0) is 17.3. The first-order valence-corrected chi connectivity index (χ1v) is 9.48. The molecule has 24 heavy (non-hydrogen) atoms. The summed E-state index contributed by atoms with van der Waals surface area (Å²) in [6, 6.07) is 3.33. The number of esters is 1. The third-order valence-electron chi connectivity index (χ3n) is 4.03. The molecule has 2 unspecified atom stereocenters. The zero-order valence-corrected chi connectivity index (χ0v) is 15.0. The molecule has 1 N–H and O–H groups in total. The summed E-state index contributed by atoms with van der Waals surface area (Å²) in [5.74, 6) is 0.106. The summed E-state index contributed by atoms with van der Waals surface area (Å²) in [7, 11) is 0. The van der Waals surface area contributed by atoms with E-state index in [0.29, 0.717) is 12.2 Å². The van der Waals surface area contributed by atoms with Crippen molar-refractivity contribution in [2.45, 2.75) is 31.7 Å². The second-order valence-electron chi connectivity index (χ2n) is 5.68. The van der Waals surface area contributed by atoms with Crippen molar-refractivity contribution in [3.8, 4) is 0 Å². The van der Waals surface area contributed by atoms with E-state index >= 15 is 0 Å². The molecule has 2 atom stereocenters. The number of fused-ring (bicyclic) bond motifs is 1. The minimum absolute atomic E-state index is 0.0779. The molecule has 6 nitrogen and oxygen atoms in total. The van der Waals surface area contributed by atoms with Crippen molar-refractivity contribution in [3.05, 3.63) is 33.7 Å². The van der Waals surface area contributed by atoms with E-state index in [1.807, 2.05) is 24.4 Å². The molecule has 3 heterocycles. The molecule has 128 valence electrons. The van der Waals surface area contributed by atoms with Crippen LogP contribution in [0.25, 0.3) is 0 Å². The Kier molecular flexibility index (Phi) is 4.96. The van der Waals surface area contributed by atoms with Gasteiger partial charge in [0, 0.05) is 23.3 Å². The van der Waals surface area contributed by atoms with Crippen molar-refractivity contribution >= 4 is 40.9 Å². The molecular formula is C16H18N2O4S2. The highest BCUT2D eigenvalue weighted by molar-refractivity contribution is 8.00. The molecule has 0 aromatic carbocycles. The number of thioether (sulfide) groups is 1. The van der Waals surface area contributed by atoms with Crippen LogP contribution in [0, 0.1) is 0 Å². The number of nitrogens with one attached hydrogen (secondary N) is 1. The lowest BCUT2D eigenvalue weighted by molar-refractivity contribution is -0.145. The van der Waals surface area contributed by atoms with Crippen LogP contribution in [0.2, 0.25) is 0 Å². The average molecular weight is 366 g/mol. The second kappa shape index (κ2) is 6.98. The molecular weight excluding hydrogens is 348 g/mol. The van der Waals surface area contributed by atoms with Gasteiger partial charge in [-0.15, -0.1) is 23.1 Å². The number of β-lactam (4-membered cyclic amide) rings is 1. The maximum Gasteiger partial charge on any atom is 0.302 e. The second-order valence-corrected chi connectivity index (χ2v) is 7.82. The number of nitrogens with zero attached hydrogens (tertiary/aromatic N) is 1. The number of carbonyl (C=O) groups is 3. The normalized spacial score (nSPS) is 22.8. The standard InChI is InChI=1S/C16H18N2O4S2/c1-9-11(7-22-10(2)19)8-24-16-14(15(21)18(9)16)17-13(20)6-12-4-3-5-23-12/h3-5,14,16H,6-8H2,1-2H3,(H,17,20). The fraction of sp³-hybridized carbons (Fsp3) is 0.438. The van der Waals surface area contributed by atoms with E-state index < -0.39 is 6.04 Å². The quantitative estimate of drug-likeness (QED) is 0.632. The van der Waals surface area contributed by atoms with Crippen LogP contribution in [0.5, 0.6) is 0 Å². The van der Waals surface area contributed by atoms with Crippen LogP contribution >= 0.6 is 23.1 Å². The Bertz CT molecular complexity index is 699. The first kappa shape index (κ1) is 17.0. The Labute approximate surface area is 148 Å². The summed E-state index contributed by atoms with van der Waals surface area (Å²) in [6.07, 6.45) is 0.297. The van der Waals surface area contributed by atoms with Gasteiger partial charge in [-0.3, -0.25) is 19.3 Å². The first-order valence-electron chi connectivity index (χ1n) is 7.56. The number of allylic oxidation sites excluding steroid dienone is 1. The summed E-state index contributed by atoms with van der Waals surface area (Å²) in [6.45, 7) is 3.43. The molecule has 1 aromatic rings. The molecule has 2 aliphatic heterocycles. The van der Waals surface area contributed by atoms with Crippen molar-refractivity contribution in [3.63, 3.8) is 0 Å². The molecule has 3 rings (SSSR count). The van der Waals surface area contributed by atoms with Crippen molar-refractivity contribution in [1.29, 1.82) is 0 Å². The number of carbonyl (C=O) groups excluding carboxylic acids is 3. The molecule has 1 saturated heterocycles. The van der Waals surface area contributed by atoms with Gasteiger partial charge in [-0.2, -0.15) is 0 Å². The predicted octanol–water partition coefficient (Wildman–Crippen LogP) is 1.53.